The van der Waals surface area contributed by atoms with Gasteiger partial charge in [0.15, 0.2) is 0 Å². The SMILES string of the molecule is CCCCNC(=O)Cc1c(C)n(C(=O)c2ccc(OC(F)F)cc2)c2ccc(OC)cc12. The molecule has 1 amide bonds. The van der Waals surface area contributed by atoms with Crippen molar-refractivity contribution in [3.63, 3.8) is 0 Å². The average molecular weight is 444 g/mol. The highest BCUT2D eigenvalue weighted by atomic mass is 19.3. The Balaban J connectivity index is 2.00. The third-order valence-electron chi connectivity index (χ3n) is 5.26. The summed E-state index contributed by atoms with van der Waals surface area (Å²) in [6.45, 7) is 1.50. The van der Waals surface area contributed by atoms with Crippen molar-refractivity contribution < 1.29 is 27.8 Å². The zero-order chi connectivity index (χ0) is 23.3. The molecule has 1 aromatic heterocycles. The first-order valence-electron chi connectivity index (χ1n) is 10.4. The number of halogens is 2. The molecular weight excluding hydrogens is 418 g/mol. The van der Waals surface area contributed by atoms with Crippen LogP contribution in [0.3, 0.4) is 0 Å². The van der Waals surface area contributed by atoms with Gasteiger partial charge in [-0.15, -0.1) is 0 Å². The van der Waals surface area contributed by atoms with Gasteiger partial charge >= 0.3 is 6.61 Å². The van der Waals surface area contributed by atoms with Gasteiger partial charge in [-0.25, -0.2) is 0 Å². The zero-order valence-electron chi connectivity index (χ0n) is 18.3. The highest BCUT2D eigenvalue weighted by Gasteiger charge is 2.22. The summed E-state index contributed by atoms with van der Waals surface area (Å²) in [5, 5.41) is 3.65. The van der Waals surface area contributed by atoms with Crippen LogP contribution in [0.15, 0.2) is 42.5 Å². The van der Waals surface area contributed by atoms with Crippen molar-refractivity contribution in [2.45, 2.75) is 39.7 Å². The zero-order valence-corrected chi connectivity index (χ0v) is 18.3. The first-order chi connectivity index (χ1) is 15.3. The Labute approximate surface area is 185 Å². The number of ether oxygens (including phenoxy) is 2. The van der Waals surface area contributed by atoms with Crippen molar-refractivity contribution in [1.82, 2.24) is 9.88 Å². The molecule has 0 fully saturated rings. The number of alkyl halides is 2. The van der Waals surface area contributed by atoms with Crippen LogP contribution in [0.2, 0.25) is 0 Å². The van der Waals surface area contributed by atoms with E-state index in [1.807, 2.05) is 6.92 Å². The highest BCUT2D eigenvalue weighted by molar-refractivity contribution is 6.05. The topological polar surface area (TPSA) is 69.6 Å². The van der Waals surface area contributed by atoms with Gasteiger partial charge in [0, 0.05) is 23.2 Å². The van der Waals surface area contributed by atoms with Crippen molar-refractivity contribution in [2.24, 2.45) is 0 Å². The molecule has 3 aromatic rings. The minimum Gasteiger partial charge on any atom is -0.497 e. The Kier molecular flexibility index (Phi) is 7.45. The van der Waals surface area contributed by atoms with E-state index < -0.39 is 6.61 Å². The summed E-state index contributed by atoms with van der Waals surface area (Å²) in [4.78, 5) is 25.8. The first-order valence-corrected chi connectivity index (χ1v) is 10.4. The molecule has 6 nitrogen and oxygen atoms in total. The molecule has 0 spiro atoms. The number of hydrogen-bond donors (Lipinski definition) is 1. The van der Waals surface area contributed by atoms with E-state index in [0.717, 1.165) is 23.8 Å². The number of unbranched alkanes of at least 4 members (excludes halogenated alkanes) is 1. The number of benzene rings is 2. The summed E-state index contributed by atoms with van der Waals surface area (Å²) in [7, 11) is 1.55. The number of amides is 1. The third kappa shape index (κ3) is 5.07. The van der Waals surface area contributed by atoms with Crippen LogP contribution >= 0.6 is 0 Å². The van der Waals surface area contributed by atoms with Crippen molar-refractivity contribution >= 4 is 22.7 Å². The number of aromatic nitrogens is 1. The lowest BCUT2D eigenvalue weighted by molar-refractivity contribution is -0.120. The third-order valence-corrected chi connectivity index (χ3v) is 5.26. The molecule has 2 aromatic carbocycles. The second-order valence-electron chi connectivity index (χ2n) is 7.37. The van der Waals surface area contributed by atoms with Crippen molar-refractivity contribution in [1.29, 1.82) is 0 Å². The minimum atomic E-state index is -2.94. The summed E-state index contributed by atoms with van der Waals surface area (Å²) in [5.41, 5.74) is 2.31. The van der Waals surface area contributed by atoms with E-state index in [9.17, 15) is 18.4 Å². The first kappa shape index (κ1) is 23.2. The number of methoxy groups -OCH3 is 1. The number of nitrogens with one attached hydrogen (secondary N) is 1. The molecule has 0 bridgehead atoms. The van der Waals surface area contributed by atoms with Crippen LogP contribution < -0.4 is 14.8 Å². The summed E-state index contributed by atoms with van der Waals surface area (Å²) in [6.07, 6.45) is 2.00. The summed E-state index contributed by atoms with van der Waals surface area (Å²) < 4.78 is 36.0. The van der Waals surface area contributed by atoms with Gasteiger partial charge in [-0.3, -0.25) is 14.2 Å². The van der Waals surface area contributed by atoms with Crippen LogP contribution in [0.1, 0.15) is 41.4 Å². The van der Waals surface area contributed by atoms with Crippen molar-refractivity contribution in [3.05, 3.63) is 59.3 Å². The molecule has 0 atom stereocenters. The lowest BCUT2D eigenvalue weighted by Crippen LogP contribution is -2.26. The lowest BCUT2D eigenvalue weighted by atomic mass is 10.1. The summed E-state index contributed by atoms with van der Waals surface area (Å²) >= 11 is 0. The smallest absolute Gasteiger partial charge is 0.387 e. The molecule has 0 saturated carbocycles. The van der Waals surface area contributed by atoms with Gasteiger partial charge in [0.2, 0.25) is 5.91 Å². The van der Waals surface area contributed by atoms with Gasteiger partial charge in [-0.1, -0.05) is 13.3 Å². The largest absolute Gasteiger partial charge is 0.497 e. The Morgan fingerprint density at radius 2 is 1.78 bits per heavy atom. The Hall–Kier alpha value is -3.42. The minimum absolute atomic E-state index is 0.0280. The molecule has 0 radical (unpaired) electrons. The molecule has 0 unspecified atom stereocenters. The maximum Gasteiger partial charge on any atom is 0.387 e. The number of nitrogens with zero attached hydrogens (tertiary/aromatic N) is 1. The average Bonchev–Trinajstić information content (AvgIpc) is 3.04. The van der Waals surface area contributed by atoms with Crippen LogP contribution in [0.5, 0.6) is 11.5 Å². The van der Waals surface area contributed by atoms with Crippen LogP contribution in [-0.2, 0) is 11.2 Å². The second-order valence-corrected chi connectivity index (χ2v) is 7.37. The van der Waals surface area contributed by atoms with Crippen LogP contribution in [-0.4, -0.2) is 36.6 Å². The van der Waals surface area contributed by atoms with Gasteiger partial charge in [-0.2, -0.15) is 8.78 Å². The fourth-order valence-corrected chi connectivity index (χ4v) is 3.61. The maximum atomic E-state index is 13.3. The molecule has 1 N–H and O–H groups in total. The summed E-state index contributed by atoms with van der Waals surface area (Å²) in [5.74, 6) is 0.131. The van der Waals surface area contributed by atoms with E-state index in [4.69, 9.17) is 4.74 Å². The molecule has 0 aliphatic carbocycles. The molecule has 8 heteroatoms. The normalized spacial score (nSPS) is 11.1. The molecule has 170 valence electrons. The fourth-order valence-electron chi connectivity index (χ4n) is 3.61. The number of carbonyl (C=O) groups excluding carboxylic acids is 2. The highest BCUT2D eigenvalue weighted by Crippen LogP contribution is 2.31. The van der Waals surface area contributed by atoms with Crippen LogP contribution in [0.4, 0.5) is 8.78 Å². The van der Waals surface area contributed by atoms with Gasteiger partial charge in [0.25, 0.3) is 5.91 Å². The van der Waals surface area contributed by atoms with Gasteiger partial charge in [0.05, 0.1) is 19.0 Å². The van der Waals surface area contributed by atoms with E-state index in [1.165, 1.54) is 28.8 Å². The Morgan fingerprint density at radius 3 is 2.41 bits per heavy atom. The molecule has 3 rings (SSSR count). The van der Waals surface area contributed by atoms with Crippen molar-refractivity contribution in [3.8, 4) is 11.5 Å². The predicted molar refractivity (Wildman–Crippen MR) is 118 cm³/mol. The van der Waals surface area contributed by atoms with E-state index in [0.29, 0.717) is 29.1 Å². The Bertz CT molecular complexity index is 1110. The molecule has 0 aliphatic rings. The maximum absolute atomic E-state index is 13.3. The summed E-state index contributed by atoms with van der Waals surface area (Å²) in [6, 6.07) is 10.8. The Morgan fingerprint density at radius 1 is 1.09 bits per heavy atom. The van der Waals surface area contributed by atoms with E-state index in [-0.39, 0.29) is 24.0 Å². The molecule has 0 aliphatic heterocycles. The number of fused-ring (bicyclic) bond motifs is 1. The van der Waals surface area contributed by atoms with Crippen molar-refractivity contribution in [2.75, 3.05) is 13.7 Å². The standard InChI is InChI=1S/C24H26F2N2O4/c1-4-5-12-27-22(29)14-19-15(2)28(21-11-10-18(31-3)13-20(19)21)23(30)16-6-8-17(9-7-16)32-24(25)26/h6-11,13,24H,4-5,12,14H2,1-3H3,(H,27,29). The number of hydrogen-bond acceptors (Lipinski definition) is 4. The number of rotatable bonds is 9. The van der Waals surface area contributed by atoms with Crippen LogP contribution in [0.25, 0.3) is 10.9 Å². The van der Waals surface area contributed by atoms with Crippen LogP contribution in [0, 0.1) is 6.92 Å². The van der Waals surface area contributed by atoms with E-state index in [2.05, 4.69) is 10.1 Å². The quantitative estimate of drug-likeness (QED) is 0.486. The second kappa shape index (κ2) is 10.3. The monoisotopic (exact) mass is 444 g/mol. The predicted octanol–water partition coefficient (Wildman–Crippen LogP) is 4.71. The number of carbonyl (C=O) groups is 2. The van der Waals surface area contributed by atoms with E-state index >= 15 is 0 Å². The molecular formula is C24H26F2N2O4. The molecule has 0 saturated heterocycles. The fraction of sp³-hybridized carbons (Fsp3) is 0.333. The van der Waals surface area contributed by atoms with E-state index in [1.54, 1.807) is 32.2 Å². The lowest BCUT2D eigenvalue weighted by Gasteiger charge is -2.09. The molecule has 32 heavy (non-hydrogen) atoms. The van der Waals surface area contributed by atoms with Gasteiger partial charge in [-0.05, 0) is 61.4 Å². The molecule has 1 heterocycles. The van der Waals surface area contributed by atoms with Gasteiger partial charge in [0.1, 0.15) is 11.5 Å². The van der Waals surface area contributed by atoms with Gasteiger partial charge < -0.3 is 14.8 Å².